The molecule has 4 rings (SSSR count). The number of hydrogen-bond donors (Lipinski definition) is 4. The number of rotatable bonds is 4. The zero-order valence-electron chi connectivity index (χ0n) is 14.8. The molecular weight excluding hydrogens is 338 g/mol. The predicted octanol–water partition coefficient (Wildman–Crippen LogP) is 3.15. The molecule has 0 saturated carbocycles. The molecule has 0 amide bonds. The lowest BCUT2D eigenvalue weighted by Gasteiger charge is -2.27. The van der Waals surface area contributed by atoms with Gasteiger partial charge in [0.25, 0.3) is 0 Å². The standard InChI is InChI=1S/C21H21N5O/c22-19(14-6-9-17(27)10-7-14)18-20(23)24-12-25-21(18)26-16-8-5-13-3-1-2-4-15(13)11-16/h1-4,6-7,9-10,12,16,22,27H,5,8,11H2,(H3,23,24,25,26). The van der Waals surface area contributed by atoms with Gasteiger partial charge in [0.2, 0.25) is 0 Å². The topological polar surface area (TPSA) is 108 Å². The Kier molecular flexibility index (Phi) is 4.46. The Bertz CT molecular complexity index is 984. The highest BCUT2D eigenvalue weighted by atomic mass is 16.3. The van der Waals surface area contributed by atoms with Crippen molar-refractivity contribution >= 4 is 17.3 Å². The van der Waals surface area contributed by atoms with E-state index in [2.05, 4.69) is 39.6 Å². The molecule has 2 aromatic carbocycles. The molecule has 0 saturated heterocycles. The van der Waals surface area contributed by atoms with Gasteiger partial charge in [-0.15, -0.1) is 0 Å². The van der Waals surface area contributed by atoms with Crippen molar-refractivity contribution in [1.29, 1.82) is 5.41 Å². The minimum Gasteiger partial charge on any atom is -0.508 e. The molecule has 5 N–H and O–H groups in total. The first-order chi connectivity index (χ1) is 13.1. The lowest BCUT2D eigenvalue weighted by atomic mass is 9.88. The van der Waals surface area contributed by atoms with Gasteiger partial charge in [-0.3, -0.25) is 5.41 Å². The summed E-state index contributed by atoms with van der Waals surface area (Å²) in [4.78, 5) is 8.43. The molecule has 1 heterocycles. The molecule has 1 aliphatic rings. The average Bonchev–Trinajstić information content (AvgIpc) is 2.68. The molecule has 6 nitrogen and oxygen atoms in total. The average molecular weight is 359 g/mol. The van der Waals surface area contributed by atoms with Gasteiger partial charge in [0.05, 0.1) is 11.3 Å². The highest BCUT2D eigenvalue weighted by molar-refractivity contribution is 6.16. The third-order valence-corrected chi connectivity index (χ3v) is 4.97. The number of nitrogens with one attached hydrogen (secondary N) is 2. The molecule has 1 aromatic heterocycles. The van der Waals surface area contributed by atoms with Gasteiger partial charge in [-0.1, -0.05) is 24.3 Å². The van der Waals surface area contributed by atoms with Crippen molar-refractivity contribution in [1.82, 2.24) is 9.97 Å². The number of phenols is 1. The quantitative estimate of drug-likeness (QED) is 0.535. The minimum absolute atomic E-state index is 0.156. The van der Waals surface area contributed by atoms with E-state index < -0.39 is 0 Å². The van der Waals surface area contributed by atoms with Gasteiger partial charge < -0.3 is 16.2 Å². The van der Waals surface area contributed by atoms with Crippen LogP contribution in [0.2, 0.25) is 0 Å². The zero-order chi connectivity index (χ0) is 18.8. The van der Waals surface area contributed by atoms with E-state index in [0.717, 1.165) is 19.3 Å². The monoisotopic (exact) mass is 359 g/mol. The molecule has 0 spiro atoms. The SMILES string of the molecule is N=C(c1ccc(O)cc1)c1c(N)ncnc1NC1CCc2ccccc2C1. The maximum atomic E-state index is 9.48. The van der Waals surface area contributed by atoms with Crippen LogP contribution in [0.25, 0.3) is 0 Å². The fraction of sp³-hybridized carbons (Fsp3) is 0.190. The Balaban J connectivity index is 1.62. The molecule has 1 atom stereocenters. The number of phenolic OH excluding ortho intramolecular Hbond substituents is 1. The second-order valence-corrected chi connectivity index (χ2v) is 6.76. The maximum absolute atomic E-state index is 9.48. The Morgan fingerprint density at radius 2 is 1.81 bits per heavy atom. The molecule has 0 radical (unpaired) electrons. The van der Waals surface area contributed by atoms with Gasteiger partial charge in [-0.25, -0.2) is 9.97 Å². The van der Waals surface area contributed by atoms with E-state index in [1.54, 1.807) is 24.3 Å². The number of aromatic nitrogens is 2. The highest BCUT2D eigenvalue weighted by Crippen LogP contribution is 2.27. The lowest BCUT2D eigenvalue weighted by Crippen LogP contribution is -2.29. The van der Waals surface area contributed by atoms with E-state index in [-0.39, 0.29) is 23.3 Å². The van der Waals surface area contributed by atoms with Crippen LogP contribution in [-0.4, -0.2) is 26.8 Å². The molecule has 0 fully saturated rings. The molecular formula is C21H21N5O. The summed E-state index contributed by atoms with van der Waals surface area (Å²) in [6.45, 7) is 0. The van der Waals surface area contributed by atoms with Crippen molar-refractivity contribution in [3.05, 3.63) is 77.1 Å². The molecule has 1 aliphatic carbocycles. The lowest BCUT2D eigenvalue weighted by molar-refractivity contribution is 0.475. The van der Waals surface area contributed by atoms with E-state index in [4.69, 9.17) is 11.1 Å². The van der Waals surface area contributed by atoms with Crippen LogP contribution in [0.5, 0.6) is 5.75 Å². The Labute approximate surface area is 157 Å². The van der Waals surface area contributed by atoms with Crippen LogP contribution in [0, 0.1) is 5.41 Å². The fourth-order valence-corrected chi connectivity index (χ4v) is 3.54. The second-order valence-electron chi connectivity index (χ2n) is 6.76. The molecule has 27 heavy (non-hydrogen) atoms. The van der Waals surface area contributed by atoms with Crippen LogP contribution in [0.4, 0.5) is 11.6 Å². The summed E-state index contributed by atoms with van der Waals surface area (Å²) < 4.78 is 0. The van der Waals surface area contributed by atoms with Crippen LogP contribution in [0.1, 0.15) is 28.7 Å². The van der Waals surface area contributed by atoms with Gasteiger partial charge in [-0.05, 0) is 54.7 Å². The third-order valence-electron chi connectivity index (χ3n) is 4.97. The number of benzene rings is 2. The number of hydrogen-bond acceptors (Lipinski definition) is 6. The zero-order valence-corrected chi connectivity index (χ0v) is 14.8. The number of aromatic hydroxyl groups is 1. The number of fused-ring (bicyclic) bond motifs is 1. The minimum atomic E-state index is 0.156. The van der Waals surface area contributed by atoms with Crippen molar-refractivity contribution in [3.8, 4) is 5.75 Å². The van der Waals surface area contributed by atoms with Crippen molar-refractivity contribution in [2.75, 3.05) is 11.1 Å². The van der Waals surface area contributed by atoms with Crippen molar-refractivity contribution in [3.63, 3.8) is 0 Å². The molecule has 6 heteroatoms. The van der Waals surface area contributed by atoms with Gasteiger partial charge >= 0.3 is 0 Å². The van der Waals surface area contributed by atoms with Crippen molar-refractivity contribution in [2.45, 2.75) is 25.3 Å². The number of nitrogens with two attached hydrogens (primary N) is 1. The molecule has 1 unspecified atom stereocenters. The molecule has 0 aliphatic heterocycles. The summed E-state index contributed by atoms with van der Waals surface area (Å²) in [5.74, 6) is 0.995. The van der Waals surface area contributed by atoms with Crippen LogP contribution < -0.4 is 11.1 Å². The Morgan fingerprint density at radius 1 is 1.07 bits per heavy atom. The van der Waals surface area contributed by atoms with E-state index in [9.17, 15) is 5.11 Å². The van der Waals surface area contributed by atoms with Crippen molar-refractivity contribution < 1.29 is 5.11 Å². The van der Waals surface area contributed by atoms with Crippen LogP contribution in [-0.2, 0) is 12.8 Å². The second kappa shape index (κ2) is 7.07. The van der Waals surface area contributed by atoms with E-state index in [1.807, 2.05) is 0 Å². The van der Waals surface area contributed by atoms with Crippen LogP contribution in [0.3, 0.4) is 0 Å². The molecule has 136 valence electrons. The maximum Gasteiger partial charge on any atom is 0.141 e. The smallest absolute Gasteiger partial charge is 0.141 e. The van der Waals surface area contributed by atoms with E-state index in [0.29, 0.717) is 16.9 Å². The van der Waals surface area contributed by atoms with Crippen molar-refractivity contribution in [2.24, 2.45) is 0 Å². The van der Waals surface area contributed by atoms with Crippen LogP contribution >= 0.6 is 0 Å². The number of aryl methyl sites for hydroxylation is 1. The summed E-state index contributed by atoms with van der Waals surface area (Å²) in [6, 6.07) is 15.2. The normalized spacial score (nSPS) is 15.8. The Hall–Kier alpha value is -3.41. The first kappa shape index (κ1) is 17.0. The summed E-state index contributed by atoms with van der Waals surface area (Å²) in [5, 5.41) is 21.5. The third kappa shape index (κ3) is 3.46. The fourth-order valence-electron chi connectivity index (χ4n) is 3.54. The highest BCUT2D eigenvalue weighted by Gasteiger charge is 2.22. The van der Waals surface area contributed by atoms with E-state index >= 15 is 0 Å². The first-order valence-corrected chi connectivity index (χ1v) is 8.94. The first-order valence-electron chi connectivity index (χ1n) is 8.94. The van der Waals surface area contributed by atoms with Gasteiger partial charge in [-0.2, -0.15) is 0 Å². The number of anilines is 2. The van der Waals surface area contributed by atoms with Crippen LogP contribution in [0.15, 0.2) is 54.9 Å². The van der Waals surface area contributed by atoms with Gasteiger partial charge in [0.1, 0.15) is 23.7 Å². The predicted molar refractivity (Wildman–Crippen MR) is 106 cm³/mol. The molecule has 3 aromatic rings. The number of nitrogens with zero attached hydrogens (tertiary/aromatic N) is 2. The summed E-state index contributed by atoms with van der Waals surface area (Å²) in [6.07, 6.45) is 4.33. The van der Waals surface area contributed by atoms with E-state index in [1.165, 1.54) is 17.5 Å². The summed E-state index contributed by atoms with van der Waals surface area (Å²) >= 11 is 0. The van der Waals surface area contributed by atoms with Gasteiger partial charge in [0, 0.05) is 11.6 Å². The largest absolute Gasteiger partial charge is 0.508 e. The Morgan fingerprint density at radius 3 is 2.59 bits per heavy atom. The summed E-state index contributed by atoms with van der Waals surface area (Å²) in [5.41, 5.74) is 10.2. The molecule has 0 bridgehead atoms. The number of nitrogen functional groups attached to an aromatic ring is 1. The van der Waals surface area contributed by atoms with Gasteiger partial charge in [0.15, 0.2) is 0 Å². The summed E-state index contributed by atoms with van der Waals surface area (Å²) in [7, 11) is 0.